The van der Waals surface area contributed by atoms with Gasteiger partial charge in [-0.05, 0) is 62.6 Å². The maximum absolute atomic E-state index is 11.2. The van der Waals surface area contributed by atoms with Crippen LogP contribution in [0.25, 0.3) is 0 Å². The Balaban J connectivity index is 1.71. The van der Waals surface area contributed by atoms with Gasteiger partial charge in [0.1, 0.15) is 5.75 Å². The Morgan fingerprint density at radius 2 is 1.57 bits per heavy atom. The molecule has 0 atom stereocenters. The number of unbranched alkanes of at least 4 members (excludes halogenated alkanes) is 2. The molecule has 2 rings (SSSR count). The summed E-state index contributed by atoms with van der Waals surface area (Å²) in [7, 11) is 0. The zero-order valence-electron chi connectivity index (χ0n) is 15.7. The predicted octanol–water partition coefficient (Wildman–Crippen LogP) is 5.51. The molecule has 0 heterocycles. The lowest BCUT2D eigenvalue weighted by atomic mass is 10.2. The average Bonchev–Trinajstić information content (AvgIpc) is 2.70. The van der Waals surface area contributed by atoms with E-state index >= 15 is 0 Å². The Hall–Kier alpha value is -3.29. The third kappa shape index (κ3) is 7.53. The molecule has 0 saturated carbocycles. The molecule has 0 saturated heterocycles. The standard InChI is InChI=1S/C20H23N3O5/c1-2-27-20(24)6-4-3-5-15-28-19-13-9-17(10-14-19)22-21-16-7-11-18(12-8-16)23(25)26/h7-14H,2-6,15H2,1H3. The highest BCUT2D eigenvalue weighted by atomic mass is 16.6. The zero-order chi connectivity index (χ0) is 20.2. The first-order valence-corrected chi connectivity index (χ1v) is 9.13. The number of benzene rings is 2. The molecule has 2 aromatic carbocycles. The summed E-state index contributed by atoms with van der Waals surface area (Å²) < 4.78 is 10.5. The van der Waals surface area contributed by atoms with E-state index < -0.39 is 4.92 Å². The summed E-state index contributed by atoms with van der Waals surface area (Å²) in [6.07, 6.45) is 3.01. The Kier molecular flexibility index (Phi) is 8.58. The molecule has 0 amide bonds. The van der Waals surface area contributed by atoms with Crippen LogP contribution in [-0.2, 0) is 9.53 Å². The third-order valence-corrected chi connectivity index (χ3v) is 3.78. The number of azo groups is 1. The minimum atomic E-state index is -0.458. The monoisotopic (exact) mass is 385 g/mol. The zero-order valence-corrected chi connectivity index (χ0v) is 15.7. The molecule has 0 N–H and O–H groups in total. The summed E-state index contributed by atoms with van der Waals surface area (Å²) >= 11 is 0. The smallest absolute Gasteiger partial charge is 0.305 e. The number of nitro groups is 1. The van der Waals surface area contributed by atoms with Crippen LogP contribution in [0, 0.1) is 10.1 Å². The topological polar surface area (TPSA) is 103 Å². The van der Waals surface area contributed by atoms with E-state index in [-0.39, 0.29) is 11.7 Å². The van der Waals surface area contributed by atoms with Gasteiger partial charge >= 0.3 is 5.97 Å². The Morgan fingerprint density at radius 3 is 2.14 bits per heavy atom. The summed E-state index contributed by atoms with van der Waals surface area (Å²) in [5.41, 5.74) is 1.20. The number of rotatable bonds is 11. The summed E-state index contributed by atoms with van der Waals surface area (Å²) in [6.45, 7) is 2.80. The van der Waals surface area contributed by atoms with Gasteiger partial charge in [-0.2, -0.15) is 10.2 Å². The maximum atomic E-state index is 11.2. The number of hydrogen-bond donors (Lipinski definition) is 0. The van der Waals surface area contributed by atoms with E-state index in [9.17, 15) is 14.9 Å². The molecule has 8 heteroatoms. The molecule has 148 valence electrons. The first kappa shape index (κ1) is 21.0. The Morgan fingerprint density at radius 1 is 0.964 bits per heavy atom. The van der Waals surface area contributed by atoms with Crippen molar-refractivity contribution in [1.29, 1.82) is 0 Å². The van der Waals surface area contributed by atoms with Crippen LogP contribution in [0.4, 0.5) is 17.1 Å². The van der Waals surface area contributed by atoms with Crippen LogP contribution in [0.2, 0.25) is 0 Å². The van der Waals surface area contributed by atoms with Crippen LogP contribution >= 0.6 is 0 Å². The van der Waals surface area contributed by atoms with Crippen LogP contribution in [0.5, 0.6) is 5.75 Å². The van der Waals surface area contributed by atoms with Gasteiger partial charge in [0.2, 0.25) is 0 Å². The van der Waals surface area contributed by atoms with E-state index in [1.54, 1.807) is 31.2 Å². The fourth-order valence-electron chi connectivity index (χ4n) is 2.34. The van der Waals surface area contributed by atoms with Crippen molar-refractivity contribution >= 4 is 23.0 Å². The summed E-state index contributed by atoms with van der Waals surface area (Å²) in [6, 6.07) is 13.0. The lowest BCUT2D eigenvalue weighted by molar-refractivity contribution is -0.384. The maximum Gasteiger partial charge on any atom is 0.305 e. The molecule has 0 aliphatic rings. The molecule has 0 aliphatic heterocycles. The second-order valence-corrected chi connectivity index (χ2v) is 5.93. The molecule has 0 spiro atoms. The van der Waals surface area contributed by atoms with Crippen LogP contribution in [0.1, 0.15) is 32.6 Å². The van der Waals surface area contributed by atoms with Gasteiger partial charge in [0.05, 0.1) is 29.5 Å². The van der Waals surface area contributed by atoms with Crippen LogP contribution in [-0.4, -0.2) is 24.1 Å². The Bertz CT molecular complexity index is 788. The minimum absolute atomic E-state index is 0.0151. The third-order valence-electron chi connectivity index (χ3n) is 3.78. The van der Waals surface area contributed by atoms with Gasteiger partial charge in [-0.1, -0.05) is 0 Å². The highest BCUT2D eigenvalue weighted by Crippen LogP contribution is 2.23. The molecule has 0 bridgehead atoms. The van der Waals surface area contributed by atoms with E-state index in [2.05, 4.69) is 10.2 Å². The van der Waals surface area contributed by atoms with Gasteiger partial charge in [0.15, 0.2) is 0 Å². The van der Waals surface area contributed by atoms with Gasteiger partial charge in [-0.3, -0.25) is 14.9 Å². The van der Waals surface area contributed by atoms with Crippen LogP contribution in [0.15, 0.2) is 58.8 Å². The number of nitro benzene ring substituents is 1. The number of ether oxygens (including phenoxy) is 2. The normalized spacial score (nSPS) is 10.8. The first-order valence-electron chi connectivity index (χ1n) is 9.13. The quantitative estimate of drug-likeness (QED) is 0.167. The van der Waals surface area contributed by atoms with E-state index in [1.165, 1.54) is 12.1 Å². The fraction of sp³-hybridized carbons (Fsp3) is 0.350. The van der Waals surface area contributed by atoms with Crippen LogP contribution < -0.4 is 4.74 Å². The minimum Gasteiger partial charge on any atom is -0.494 e. The molecular weight excluding hydrogens is 362 g/mol. The highest BCUT2D eigenvalue weighted by Gasteiger charge is 2.03. The second-order valence-electron chi connectivity index (χ2n) is 5.93. The van der Waals surface area contributed by atoms with Gasteiger partial charge in [0.25, 0.3) is 5.69 Å². The highest BCUT2D eigenvalue weighted by molar-refractivity contribution is 5.69. The van der Waals surface area contributed by atoms with E-state index in [4.69, 9.17) is 9.47 Å². The predicted molar refractivity (Wildman–Crippen MR) is 104 cm³/mol. The van der Waals surface area contributed by atoms with Crippen molar-refractivity contribution in [3.63, 3.8) is 0 Å². The molecule has 0 radical (unpaired) electrons. The Labute approximate surface area is 163 Å². The lowest BCUT2D eigenvalue weighted by Crippen LogP contribution is -2.04. The SMILES string of the molecule is CCOC(=O)CCCCCOc1ccc(N=Nc2ccc([N+](=O)[O-])cc2)cc1. The molecule has 0 aliphatic carbocycles. The fourth-order valence-corrected chi connectivity index (χ4v) is 2.34. The largest absolute Gasteiger partial charge is 0.494 e. The van der Waals surface area contributed by atoms with E-state index in [0.717, 1.165) is 25.0 Å². The number of carbonyl (C=O) groups excluding carboxylic acids is 1. The molecule has 2 aromatic rings. The van der Waals surface area contributed by atoms with Gasteiger partial charge in [-0.15, -0.1) is 0 Å². The van der Waals surface area contributed by atoms with Crippen molar-refractivity contribution in [2.24, 2.45) is 10.2 Å². The van der Waals surface area contributed by atoms with Crippen molar-refractivity contribution in [3.05, 3.63) is 58.6 Å². The average molecular weight is 385 g/mol. The van der Waals surface area contributed by atoms with E-state index in [0.29, 0.717) is 31.0 Å². The summed E-state index contributed by atoms with van der Waals surface area (Å²) in [5.74, 6) is 0.585. The molecule has 28 heavy (non-hydrogen) atoms. The van der Waals surface area contributed by atoms with Gasteiger partial charge < -0.3 is 9.47 Å². The number of esters is 1. The molecular formula is C20H23N3O5. The number of carbonyl (C=O) groups is 1. The molecule has 0 aromatic heterocycles. The van der Waals surface area contributed by atoms with Crippen molar-refractivity contribution in [2.75, 3.05) is 13.2 Å². The van der Waals surface area contributed by atoms with Crippen LogP contribution in [0.3, 0.4) is 0 Å². The van der Waals surface area contributed by atoms with Crippen molar-refractivity contribution in [1.82, 2.24) is 0 Å². The summed E-state index contributed by atoms with van der Waals surface area (Å²) in [4.78, 5) is 21.4. The van der Waals surface area contributed by atoms with Gasteiger partial charge in [0, 0.05) is 18.6 Å². The van der Waals surface area contributed by atoms with Gasteiger partial charge in [-0.25, -0.2) is 0 Å². The molecule has 0 unspecified atom stereocenters. The van der Waals surface area contributed by atoms with E-state index in [1.807, 2.05) is 12.1 Å². The number of hydrogen-bond acceptors (Lipinski definition) is 7. The van der Waals surface area contributed by atoms with Crippen molar-refractivity contribution < 1.29 is 19.2 Å². The summed E-state index contributed by atoms with van der Waals surface area (Å²) in [5, 5.41) is 18.8. The first-order chi connectivity index (χ1) is 13.6. The number of nitrogens with zero attached hydrogens (tertiary/aromatic N) is 3. The lowest BCUT2D eigenvalue weighted by Gasteiger charge is -2.06. The second kappa shape index (κ2) is 11.4. The van der Waals surface area contributed by atoms with Crippen molar-refractivity contribution in [2.45, 2.75) is 32.6 Å². The number of non-ortho nitro benzene ring substituents is 1. The molecule has 8 nitrogen and oxygen atoms in total. The molecule has 0 fully saturated rings. The van der Waals surface area contributed by atoms with Crippen molar-refractivity contribution in [3.8, 4) is 5.75 Å².